The molecule has 3 amide bonds. The highest BCUT2D eigenvalue weighted by atomic mass is 16.5. The third-order valence-electron chi connectivity index (χ3n) is 5.69. The van der Waals surface area contributed by atoms with Crippen molar-refractivity contribution in [2.45, 2.75) is 45.6 Å². The molecule has 0 bridgehead atoms. The number of piperidine rings is 1. The van der Waals surface area contributed by atoms with Gasteiger partial charge in [-0.15, -0.1) is 0 Å². The van der Waals surface area contributed by atoms with E-state index in [2.05, 4.69) is 10.6 Å². The summed E-state index contributed by atoms with van der Waals surface area (Å²) in [4.78, 5) is 40.1. The summed E-state index contributed by atoms with van der Waals surface area (Å²) in [6.45, 7) is 6.30. The molecule has 0 unspecified atom stereocenters. The van der Waals surface area contributed by atoms with Crippen molar-refractivity contribution >= 4 is 17.7 Å². The lowest BCUT2D eigenvalue weighted by Crippen LogP contribution is -2.54. The van der Waals surface area contributed by atoms with Crippen LogP contribution in [0.3, 0.4) is 0 Å². The van der Waals surface area contributed by atoms with Crippen LogP contribution in [0.1, 0.15) is 49.9 Å². The van der Waals surface area contributed by atoms with Crippen LogP contribution in [0.2, 0.25) is 0 Å². The highest BCUT2D eigenvalue weighted by Crippen LogP contribution is 2.23. The Morgan fingerprint density at radius 3 is 2.31 bits per heavy atom. The van der Waals surface area contributed by atoms with Gasteiger partial charge in [0, 0.05) is 45.3 Å². The van der Waals surface area contributed by atoms with Gasteiger partial charge in [0.25, 0.3) is 5.91 Å². The van der Waals surface area contributed by atoms with Gasteiger partial charge in [-0.2, -0.15) is 0 Å². The fourth-order valence-electron chi connectivity index (χ4n) is 3.86. The molecule has 1 heterocycles. The molecule has 32 heavy (non-hydrogen) atoms. The second-order valence-electron chi connectivity index (χ2n) is 8.63. The number of carbonyl (C=O) groups is 3. The van der Waals surface area contributed by atoms with Gasteiger partial charge in [-0.1, -0.05) is 13.8 Å². The van der Waals surface area contributed by atoms with Crippen LogP contribution in [0.5, 0.6) is 5.75 Å². The molecule has 1 atom stereocenters. The van der Waals surface area contributed by atoms with Crippen molar-refractivity contribution in [2.24, 2.45) is 11.8 Å². The largest absolute Gasteiger partial charge is 0.497 e. The number of likely N-dealkylation sites (tertiary alicyclic amines) is 1. The van der Waals surface area contributed by atoms with Gasteiger partial charge in [-0.05, 0) is 55.4 Å². The Kier molecular flexibility index (Phi) is 10.5. The number of nitrogens with zero attached hydrogens (tertiary/aromatic N) is 1. The summed E-state index contributed by atoms with van der Waals surface area (Å²) in [5.41, 5.74) is 0.465. The Morgan fingerprint density at radius 1 is 1.09 bits per heavy atom. The Hall–Kier alpha value is -2.61. The maximum absolute atomic E-state index is 13.0. The normalized spacial score (nSPS) is 15.3. The zero-order valence-corrected chi connectivity index (χ0v) is 19.7. The topological polar surface area (TPSA) is 97.0 Å². The monoisotopic (exact) mass is 447 g/mol. The van der Waals surface area contributed by atoms with E-state index in [1.165, 1.54) is 0 Å². The number of benzene rings is 1. The third kappa shape index (κ3) is 7.82. The minimum Gasteiger partial charge on any atom is -0.497 e. The van der Waals surface area contributed by atoms with Crippen molar-refractivity contribution in [1.82, 2.24) is 15.5 Å². The third-order valence-corrected chi connectivity index (χ3v) is 5.69. The molecule has 1 aliphatic heterocycles. The quantitative estimate of drug-likeness (QED) is 0.507. The second-order valence-corrected chi connectivity index (χ2v) is 8.63. The van der Waals surface area contributed by atoms with Crippen molar-refractivity contribution < 1.29 is 23.9 Å². The van der Waals surface area contributed by atoms with Crippen molar-refractivity contribution in [3.63, 3.8) is 0 Å². The molecule has 0 saturated carbocycles. The van der Waals surface area contributed by atoms with Crippen LogP contribution in [0, 0.1) is 11.8 Å². The summed E-state index contributed by atoms with van der Waals surface area (Å²) in [7, 11) is 3.19. The molecule has 0 aliphatic carbocycles. The Balaban J connectivity index is 2.04. The van der Waals surface area contributed by atoms with E-state index in [4.69, 9.17) is 9.47 Å². The number of ether oxygens (including phenoxy) is 2. The van der Waals surface area contributed by atoms with E-state index in [9.17, 15) is 14.4 Å². The lowest BCUT2D eigenvalue weighted by atomic mass is 9.88. The van der Waals surface area contributed by atoms with Crippen molar-refractivity contribution in [3.8, 4) is 5.75 Å². The molecule has 1 aliphatic rings. The van der Waals surface area contributed by atoms with Gasteiger partial charge in [0.1, 0.15) is 11.8 Å². The predicted octanol–water partition coefficient (Wildman–Crippen LogP) is 2.23. The van der Waals surface area contributed by atoms with E-state index in [1.54, 1.807) is 38.5 Å². The molecule has 1 saturated heterocycles. The molecule has 0 radical (unpaired) electrons. The number of methoxy groups -OCH3 is 2. The van der Waals surface area contributed by atoms with E-state index in [0.29, 0.717) is 69.2 Å². The van der Waals surface area contributed by atoms with E-state index >= 15 is 0 Å². The van der Waals surface area contributed by atoms with E-state index < -0.39 is 6.04 Å². The lowest BCUT2D eigenvalue weighted by Gasteiger charge is -2.36. The van der Waals surface area contributed by atoms with Crippen molar-refractivity contribution in [2.75, 3.05) is 40.5 Å². The first-order valence-electron chi connectivity index (χ1n) is 11.3. The van der Waals surface area contributed by atoms with Crippen molar-refractivity contribution in [1.29, 1.82) is 0 Å². The fourth-order valence-corrected chi connectivity index (χ4v) is 3.86. The number of rotatable bonds is 11. The van der Waals surface area contributed by atoms with Gasteiger partial charge < -0.3 is 25.0 Å². The predicted molar refractivity (Wildman–Crippen MR) is 123 cm³/mol. The lowest BCUT2D eigenvalue weighted by molar-refractivity contribution is -0.133. The standard InChI is InChI=1S/C24H37N3O5/c1-17(2)16-21(28)27-13-10-18(11-14-27)22(24(30)25-12-5-15-31-3)26-23(29)19-6-8-20(32-4)9-7-19/h6-9,17-18,22H,5,10-16H2,1-4H3,(H,25,30)(H,26,29)/t22-/m0/s1. The maximum Gasteiger partial charge on any atom is 0.251 e. The minimum absolute atomic E-state index is 0.0391. The summed E-state index contributed by atoms with van der Waals surface area (Å²) in [5.74, 6) is 0.587. The average molecular weight is 448 g/mol. The minimum atomic E-state index is -0.658. The first kappa shape index (κ1) is 25.6. The molecule has 1 aromatic carbocycles. The first-order chi connectivity index (χ1) is 15.3. The van der Waals surface area contributed by atoms with Crippen LogP contribution < -0.4 is 15.4 Å². The van der Waals surface area contributed by atoms with Crippen LogP contribution in [0.15, 0.2) is 24.3 Å². The van der Waals surface area contributed by atoms with E-state index in [0.717, 1.165) is 0 Å². The Bertz CT molecular complexity index is 743. The molecular formula is C24H37N3O5. The first-order valence-corrected chi connectivity index (χ1v) is 11.3. The van der Waals surface area contributed by atoms with E-state index in [1.807, 2.05) is 18.7 Å². The fraction of sp³-hybridized carbons (Fsp3) is 0.625. The van der Waals surface area contributed by atoms with E-state index in [-0.39, 0.29) is 23.6 Å². The summed E-state index contributed by atoms with van der Waals surface area (Å²) in [6, 6.07) is 6.12. The highest BCUT2D eigenvalue weighted by Gasteiger charge is 2.34. The summed E-state index contributed by atoms with van der Waals surface area (Å²) in [6.07, 6.45) is 2.57. The molecule has 0 spiro atoms. The Morgan fingerprint density at radius 2 is 1.75 bits per heavy atom. The number of nitrogens with one attached hydrogen (secondary N) is 2. The summed E-state index contributed by atoms with van der Waals surface area (Å²) < 4.78 is 10.2. The zero-order valence-electron chi connectivity index (χ0n) is 19.7. The second kappa shape index (κ2) is 13.1. The molecule has 1 aromatic rings. The number of amides is 3. The maximum atomic E-state index is 13.0. The zero-order chi connectivity index (χ0) is 23.5. The molecule has 0 aromatic heterocycles. The van der Waals surface area contributed by atoms with Crippen molar-refractivity contribution in [3.05, 3.63) is 29.8 Å². The molecular weight excluding hydrogens is 410 g/mol. The molecule has 2 rings (SSSR count). The molecule has 1 fully saturated rings. The summed E-state index contributed by atoms with van der Waals surface area (Å²) >= 11 is 0. The molecule has 2 N–H and O–H groups in total. The van der Waals surface area contributed by atoms with Gasteiger partial charge in [0.2, 0.25) is 11.8 Å². The highest BCUT2D eigenvalue weighted by molar-refractivity contribution is 5.97. The van der Waals surface area contributed by atoms with Gasteiger partial charge in [0.15, 0.2) is 0 Å². The molecule has 8 heteroatoms. The number of carbonyl (C=O) groups excluding carboxylic acids is 3. The summed E-state index contributed by atoms with van der Waals surface area (Å²) in [5, 5.41) is 5.85. The number of hydrogen-bond acceptors (Lipinski definition) is 5. The van der Waals surface area contributed by atoms with Gasteiger partial charge in [-0.25, -0.2) is 0 Å². The molecule has 8 nitrogen and oxygen atoms in total. The van der Waals surface area contributed by atoms with Gasteiger partial charge >= 0.3 is 0 Å². The van der Waals surface area contributed by atoms with Gasteiger partial charge in [0.05, 0.1) is 7.11 Å². The SMILES string of the molecule is COCCCNC(=O)[C@@H](NC(=O)c1ccc(OC)cc1)C1CCN(C(=O)CC(C)C)CC1. The van der Waals surface area contributed by atoms with Crippen LogP contribution in [-0.4, -0.2) is 69.1 Å². The van der Waals surface area contributed by atoms with Crippen LogP contribution in [0.25, 0.3) is 0 Å². The van der Waals surface area contributed by atoms with Crippen LogP contribution >= 0.6 is 0 Å². The van der Waals surface area contributed by atoms with Crippen LogP contribution in [0.4, 0.5) is 0 Å². The molecule has 178 valence electrons. The van der Waals surface area contributed by atoms with Crippen LogP contribution in [-0.2, 0) is 14.3 Å². The number of hydrogen-bond donors (Lipinski definition) is 2. The smallest absolute Gasteiger partial charge is 0.251 e. The Labute approximate surface area is 191 Å². The van der Waals surface area contributed by atoms with Gasteiger partial charge in [-0.3, -0.25) is 14.4 Å². The average Bonchev–Trinajstić information content (AvgIpc) is 2.79.